The number of nitrogens with zero attached hydrogens (tertiary/aromatic N) is 2. The van der Waals surface area contributed by atoms with Crippen LogP contribution < -0.4 is 10.2 Å². The predicted octanol–water partition coefficient (Wildman–Crippen LogP) is 3.55. The smallest absolute Gasteiger partial charge is 0.277 e. The van der Waals surface area contributed by atoms with E-state index >= 15 is 0 Å². The predicted molar refractivity (Wildman–Crippen MR) is 98.4 cm³/mol. The standard InChI is InChI=1S/C17H14BrN3O4/c18-15-11-14(21(23)24)8-9-16(15)25-12-17(22)20-19-10-4-7-13-5-2-1-3-6-13/h1-11H,12H2,(H,20,22). The van der Waals surface area contributed by atoms with E-state index in [4.69, 9.17) is 4.74 Å². The largest absolute Gasteiger partial charge is 0.483 e. The van der Waals surface area contributed by atoms with E-state index in [0.29, 0.717) is 10.2 Å². The summed E-state index contributed by atoms with van der Waals surface area (Å²) in [4.78, 5) is 21.8. The maximum atomic E-state index is 11.6. The average Bonchev–Trinajstić information content (AvgIpc) is 2.61. The molecule has 128 valence electrons. The highest BCUT2D eigenvalue weighted by Gasteiger charge is 2.11. The summed E-state index contributed by atoms with van der Waals surface area (Å²) in [7, 11) is 0. The van der Waals surface area contributed by atoms with E-state index in [1.54, 1.807) is 6.08 Å². The molecule has 8 heteroatoms. The van der Waals surface area contributed by atoms with Gasteiger partial charge in [0.25, 0.3) is 11.6 Å². The van der Waals surface area contributed by atoms with Crippen molar-refractivity contribution in [1.82, 2.24) is 5.43 Å². The number of nitrogens with one attached hydrogen (secondary N) is 1. The van der Waals surface area contributed by atoms with Crippen molar-refractivity contribution in [3.05, 3.63) is 74.8 Å². The third kappa shape index (κ3) is 6.19. The first kappa shape index (κ1) is 18.3. The first-order chi connectivity index (χ1) is 12.1. The van der Waals surface area contributed by atoms with Crippen LogP contribution in [0.25, 0.3) is 6.08 Å². The summed E-state index contributed by atoms with van der Waals surface area (Å²) in [5.41, 5.74) is 3.27. The monoisotopic (exact) mass is 403 g/mol. The minimum atomic E-state index is -0.515. The zero-order valence-corrected chi connectivity index (χ0v) is 14.5. The van der Waals surface area contributed by atoms with Crippen LogP contribution in [0.2, 0.25) is 0 Å². The highest BCUT2D eigenvalue weighted by atomic mass is 79.9. The Hall–Kier alpha value is -3.00. The van der Waals surface area contributed by atoms with E-state index in [9.17, 15) is 14.9 Å². The molecule has 1 amide bonds. The molecule has 0 aliphatic heterocycles. The summed E-state index contributed by atoms with van der Waals surface area (Å²) in [6, 6.07) is 13.7. The molecule has 7 nitrogen and oxygen atoms in total. The van der Waals surface area contributed by atoms with Gasteiger partial charge in [-0.05, 0) is 33.6 Å². The molecule has 0 heterocycles. The van der Waals surface area contributed by atoms with Gasteiger partial charge in [0, 0.05) is 18.3 Å². The third-order valence-corrected chi connectivity index (χ3v) is 3.54. The Morgan fingerprint density at radius 3 is 2.72 bits per heavy atom. The Morgan fingerprint density at radius 2 is 2.04 bits per heavy atom. The van der Waals surface area contributed by atoms with E-state index in [-0.39, 0.29) is 12.3 Å². The first-order valence-corrected chi connectivity index (χ1v) is 7.96. The Labute approximate surface area is 152 Å². The van der Waals surface area contributed by atoms with Gasteiger partial charge in [0.15, 0.2) is 6.61 Å². The zero-order chi connectivity index (χ0) is 18.1. The molecule has 0 aliphatic carbocycles. The fraction of sp³-hybridized carbons (Fsp3) is 0.0588. The fourth-order valence-electron chi connectivity index (χ4n) is 1.77. The van der Waals surface area contributed by atoms with Gasteiger partial charge >= 0.3 is 0 Å². The van der Waals surface area contributed by atoms with Gasteiger partial charge in [0.1, 0.15) is 5.75 Å². The molecule has 0 bridgehead atoms. The molecule has 0 radical (unpaired) electrons. The quantitative estimate of drug-likeness (QED) is 0.434. The minimum Gasteiger partial charge on any atom is -0.483 e. The summed E-state index contributed by atoms with van der Waals surface area (Å²) in [5, 5.41) is 14.4. The van der Waals surface area contributed by atoms with Crippen molar-refractivity contribution < 1.29 is 14.5 Å². The van der Waals surface area contributed by atoms with E-state index in [2.05, 4.69) is 26.5 Å². The van der Waals surface area contributed by atoms with Gasteiger partial charge in [0.05, 0.1) is 9.40 Å². The summed E-state index contributed by atoms with van der Waals surface area (Å²) in [6.45, 7) is -0.268. The van der Waals surface area contributed by atoms with Crippen LogP contribution in [0.5, 0.6) is 5.75 Å². The Kier molecular flexibility index (Phi) is 6.85. The van der Waals surface area contributed by atoms with Crippen molar-refractivity contribution in [2.45, 2.75) is 0 Å². The summed E-state index contributed by atoms with van der Waals surface area (Å²) < 4.78 is 5.68. The van der Waals surface area contributed by atoms with Crippen molar-refractivity contribution in [2.24, 2.45) is 5.10 Å². The SMILES string of the molecule is O=C(COc1ccc([N+](=O)[O-])cc1Br)NN=CC=Cc1ccccc1. The zero-order valence-electron chi connectivity index (χ0n) is 13.0. The second-order valence-electron chi connectivity index (χ2n) is 4.74. The van der Waals surface area contributed by atoms with Crippen LogP contribution in [-0.4, -0.2) is 23.7 Å². The molecule has 2 rings (SSSR count). The number of non-ortho nitro benzene ring substituents is 1. The molecule has 0 saturated heterocycles. The Morgan fingerprint density at radius 1 is 1.28 bits per heavy atom. The van der Waals surface area contributed by atoms with Crippen LogP contribution in [0.3, 0.4) is 0 Å². The molecular weight excluding hydrogens is 390 g/mol. The number of hydrazone groups is 1. The molecular formula is C17H14BrN3O4. The number of nitro benzene ring substituents is 1. The summed E-state index contributed by atoms with van der Waals surface area (Å²) in [5.74, 6) is -0.122. The number of halogens is 1. The topological polar surface area (TPSA) is 93.8 Å². The van der Waals surface area contributed by atoms with E-state index in [1.165, 1.54) is 24.4 Å². The van der Waals surface area contributed by atoms with Gasteiger partial charge in [-0.2, -0.15) is 5.10 Å². The third-order valence-electron chi connectivity index (χ3n) is 2.92. The van der Waals surface area contributed by atoms with Gasteiger partial charge in [-0.3, -0.25) is 14.9 Å². The Bertz CT molecular complexity index is 807. The number of rotatable bonds is 7. The number of allylic oxidation sites excluding steroid dienone is 1. The number of hydrogen-bond acceptors (Lipinski definition) is 5. The van der Waals surface area contributed by atoms with Crippen molar-refractivity contribution in [2.75, 3.05) is 6.61 Å². The van der Waals surface area contributed by atoms with Gasteiger partial charge in [-0.25, -0.2) is 5.43 Å². The molecule has 0 atom stereocenters. The molecule has 0 fully saturated rings. The van der Waals surface area contributed by atoms with Gasteiger partial charge in [0.2, 0.25) is 0 Å². The molecule has 2 aromatic carbocycles. The lowest BCUT2D eigenvalue weighted by atomic mass is 10.2. The number of hydrogen-bond donors (Lipinski definition) is 1. The van der Waals surface area contributed by atoms with E-state index < -0.39 is 10.8 Å². The lowest BCUT2D eigenvalue weighted by molar-refractivity contribution is -0.384. The van der Waals surface area contributed by atoms with Gasteiger partial charge < -0.3 is 4.74 Å². The van der Waals surface area contributed by atoms with Gasteiger partial charge in [-0.1, -0.05) is 36.4 Å². The highest BCUT2D eigenvalue weighted by Crippen LogP contribution is 2.28. The second kappa shape index (κ2) is 9.33. The molecule has 0 saturated carbocycles. The normalized spacial score (nSPS) is 10.9. The summed E-state index contributed by atoms with van der Waals surface area (Å²) >= 11 is 3.16. The van der Waals surface area contributed by atoms with Crippen LogP contribution >= 0.6 is 15.9 Å². The first-order valence-electron chi connectivity index (χ1n) is 7.16. The van der Waals surface area contributed by atoms with E-state index in [1.807, 2.05) is 36.4 Å². The number of carbonyl (C=O) groups is 1. The van der Waals surface area contributed by atoms with Crippen molar-refractivity contribution in [3.8, 4) is 5.75 Å². The number of nitro groups is 1. The maximum Gasteiger partial charge on any atom is 0.277 e. The molecule has 2 aromatic rings. The average molecular weight is 404 g/mol. The number of ether oxygens (including phenoxy) is 1. The number of benzene rings is 2. The van der Waals surface area contributed by atoms with Crippen molar-refractivity contribution >= 4 is 39.8 Å². The number of carbonyl (C=O) groups excluding carboxylic acids is 1. The van der Waals surface area contributed by atoms with Crippen molar-refractivity contribution in [3.63, 3.8) is 0 Å². The fourth-order valence-corrected chi connectivity index (χ4v) is 2.25. The lowest BCUT2D eigenvalue weighted by Gasteiger charge is -2.06. The van der Waals surface area contributed by atoms with Crippen LogP contribution in [0.4, 0.5) is 5.69 Å². The maximum absolute atomic E-state index is 11.6. The molecule has 0 unspecified atom stereocenters. The van der Waals surface area contributed by atoms with E-state index in [0.717, 1.165) is 5.56 Å². The number of amides is 1. The molecule has 25 heavy (non-hydrogen) atoms. The minimum absolute atomic E-state index is 0.0709. The van der Waals surface area contributed by atoms with Crippen molar-refractivity contribution in [1.29, 1.82) is 0 Å². The second-order valence-corrected chi connectivity index (χ2v) is 5.60. The van der Waals surface area contributed by atoms with Gasteiger partial charge in [-0.15, -0.1) is 0 Å². The van der Waals surface area contributed by atoms with Crippen LogP contribution in [0.15, 0.2) is 64.2 Å². The molecule has 1 N–H and O–H groups in total. The molecule has 0 aromatic heterocycles. The Balaban J connectivity index is 1.78. The van der Waals surface area contributed by atoms with Crippen LogP contribution in [0.1, 0.15) is 5.56 Å². The van der Waals surface area contributed by atoms with Crippen LogP contribution in [-0.2, 0) is 4.79 Å². The highest BCUT2D eigenvalue weighted by molar-refractivity contribution is 9.10. The molecule has 0 aliphatic rings. The summed E-state index contributed by atoms with van der Waals surface area (Å²) in [6.07, 6.45) is 5.00. The van der Waals surface area contributed by atoms with Crippen LogP contribution in [0, 0.1) is 10.1 Å². The lowest BCUT2D eigenvalue weighted by Crippen LogP contribution is -2.24. The molecule has 0 spiro atoms.